The van der Waals surface area contributed by atoms with Crippen molar-refractivity contribution < 1.29 is 14.3 Å². The van der Waals surface area contributed by atoms with Gasteiger partial charge in [-0.3, -0.25) is 9.59 Å². The number of benzene rings is 1. The molecule has 0 bridgehead atoms. The summed E-state index contributed by atoms with van der Waals surface area (Å²) in [5, 5.41) is 0. The minimum absolute atomic E-state index is 0.00499. The fraction of sp³-hybridized carbons (Fsp3) is 0.500. The zero-order chi connectivity index (χ0) is 15.9. The van der Waals surface area contributed by atoms with Gasteiger partial charge in [-0.25, -0.2) is 0 Å². The molecule has 1 unspecified atom stereocenters. The van der Waals surface area contributed by atoms with Crippen LogP contribution in [0.25, 0.3) is 0 Å². The van der Waals surface area contributed by atoms with E-state index in [9.17, 15) is 9.59 Å². The summed E-state index contributed by atoms with van der Waals surface area (Å²) in [6.45, 7) is 1.27. The number of rotatable bonds is 6. The SMILES string of the molecule is COCCCN(C)C(=O)C1CSCN1C(=O)c1ccccc1. The quantitative estimate of drug-likeness (QED) is 0.748. The van der Waals surface area contributed by atoms with Crippen molar-refractivity contribution in [1.82, 2.24) is 9.80 Å². The number of ether oxygens (including phenoxy) is 1. The van der Waals surface area contributed by atoms with Crippen LogP contribution in [-0.4, -0.2) is 66.6 Å². The minimum Gasteiger partial charge on any atom is -0.385 e. The van der Waals surface area contributed by atoms with Gasteiger partial charge in [0.15, 0.2) is 0 Å². The van der Waals surface area contributed by atoms with E-state index in [4.69, 9.17) is 4.74 Å². The summed E-state index contributed by atoms with van der Waals surface area (Å²) in [7, 11) is 3.43. The Balaban J connectivity index is 2.01. The Labute approximate surface area is 135 Å². The monoisotopic (exact) mass is 322 g/mol. The Morgan fingerprint density at radius 2 is 2.09 bits per heavy atom. The van der Waals surface area contributed by atoms with E-state index in [0.717, 1.165) is 6.42 Å². The third-order valence-electron chi connectivity index (χ3n) is 3.67. The van der Waals surface area contributed by atoms with Crippen LogP contribution in [0.5, 0.6) is 0 Å². The van der Waals surface area contributed by atoms with Crippen molar-refractivity contribution in [2.24, 2.45) is 0 Å². The van der Waals surface area contributed by atoms with Crippen LogP contribution < -0.4 is 0 Å². The maximum Gasteiger partial charge on any atom is 0.255 e. The predicted octanol–water partition coefficient (Wildman–Crippen LogP) is 1.70. The summed E-state index contributed by atoms with van der Waals surface area (Å²) < 4.78 is 5.01. The van der Waals surface area contributed by atoms with Crippen LogP contribution in [0.3, 0.4) is 0 Å². The van der Waals surface area contributed by atoms with Crippen LogP contribution in [0.15, 0.2) is 30.3 Å². The van der Waals surface area contributed by atoms with E-state index < -0.39 is 0 Å². The van der Waals surface area contributed by atoms with Gasteiger partial charge >= 0.3 is 0 Å². The number of amides is 2. The van der Waals surface area contributed by atoms with Gasteiger partial charge < -0.3 is 14.5 Å². The molecule has 1 aromatic carbocycles. The zero-order valence-electron chi connectivity index (χ0n) is 13.0. The summed E-state index contributed by atoms with van der Waals surface area (Å²) in [6.07, 6.45) is 0.797. The zero-order valence-corrected chi connectivity index (χ0v) is 13.8. The van der Waals surface area contributed by atoms with E-state index in [1.807, 2.05) is 18.2 Å². The van der Waals surface area contributed by atoms with E-state index in [1.54, 1.807) is 47.9 Å². The van der Waals surface area contributed by atoms with Gasteiger partial charge in [-0.2, -0.15) is 0 Å². The fourth-order valence-electron chi connectivity index (χ4n) is 2.40. The largest absolute Gasteiger partial charge is 0.385 e. The second-order valence-electron chi connectivity index (χ2n) is 5.26. The predicted molar refractivity (Wildman–Crippen MR) is 87.9 cm³/mol. The molecule has 1 atom stereocenters. The van der Waals surface area contributed by atoms with Crippen molar-refractivity contribution in [3.63, 3.8) is 0 Å². The van der Waals surface area contributed by atoms with Crippen molar-refractivity contribution >= 4 is 23.6 Å². The number of nitrogens with zero attached hydrogens (tertiary/aromatic N) is 2. The first-order valence-electron chi connectivity index (χ1n) is 7.33. The van der Waals surface area contributed by atoms with Gasteiger partial charge in [0.25, 0.3) is 5.91 Å². The molecule has 0 saturated carbocycles. The lowest BCUT2D eigenvalue weighted by Gasteiger charge is -2.27. The van der Waals surface area contributed by atoms with Crippen LogP contribution in [0, 0.1) is 0 Å². The lowest BCUT2D eigenvalue weighted by atomic mass is 10.1. The molecule has 0 aromatic heterocycles. The molecule has 1 aromatic rings. The number of carbonyl (C=O) groups is 2. The van der Waals surface area contributed by atoms with Crippen LogP contribution in [0.1, 0.15) is 16.8 Å². The van der Waals surface area contributed by atoms with Gasteiger partial charge in [-0.05, 0) is 18.6 Å². The van der Waals surface area contributed by atoms with Crippen LogP contribution in [0.4, 0.5) is 0 Å². The van der Waals surface area contributed by atoms with Gasteiger partial charge in [0.05, 0.1) is 5.88 Å². The molecule has 22 heavy (non-hydrogen) atoms. The molecule has 6 heteroatoms. The fourth-order valence-corrected chi connectivity index (χ4v) is 3.55. The summed E-state index contributed by atoms with van der Waals surface area (Å²) in [4.78, 5) is 28.5. The number of likely N-dealkylation sites (N-methyl/N-ethyl adjacent to an activating group) is 1. The smallest absolute Gasteiger partial charge is 0.255 e. The number of carbonyl (C=O) groups excluding carboxylic acids is 2. The van der Waals surface area contributed by atoms with E-state index in [0.29, 0.717) is 30.3 Å². The number of hydrogen-bond acceptors (Lipinski definition) is 4. The first kappa shape index (κ1) is 16.8. The lowest BCUT2D eigenvalue weighted by molar-refractivity contribution is -0.133. The molecular weight excluding hydrogens is 300 g/mol. The molecular formula is C16H22N2O3S. The number of hydrogen-bond donors (Lipinski definition) is 0. The molecule has 2 amide bonds. The third kappa shape index (κ3) is 4.01. The molecule has 1 aliphatic rings. The minimum atomic E-state index is -0.370. The molecule has 0 aliphatic carbocycles. The Bertz CT molecular complexity index is 509. The Kier molecular flexibility index (Phi) is 6.27. The molecule has 1 heterocycles. The highest BCUT2D eigenvalue weighted by atomic mass is 32.2. The maximum atomic E-state index is 12.6. The molecule has 0 N–H and O–H groups in total. The van der Waals surface area contributed by atoms with E-state index in [-0.39, 0.29) is 17.9 Å². The second-order valence-corrected chi connectivity index (χ2v) is 6.26. The third-order valence-corrected chi connectivity index (χ3v) is 4.68. The average molecular weight is 322 g/mol. The Morgan fingerprint density at radius 1 is 1.36 bits per heavy atom. The van der Waals surface area contributed by atoms with Crippen molar-refractivity contribution in [3.8, 4) is 0 Å². The molecule has 120 valence electrons. The highest BCUT2D eigenvalue weighted by Crippen LogP contribution is 2.24. The van der Waals surface area contributed by atoms with Gasteiger partial charge in [-0.1, -0.05) is 18.2 Å². The number of thioether (sulfide) groups is 1. The summed E-state index contributed by atoms with van der Waals surface area (Å²) in [5.41, 5.74) is 0.629. The first-order valence-corrected chi connectivity index (χ1v) is 8.48. The van der Waals surface area contributed by atoms with Crippen LogP contribution in [-0.2, 0) is 9.53 Å². The number of methoxy groups -OCH3 is 1. The summed E-state index contributed by atoms with van der Waals surface area (Å²) in [5.74, 6) is 1.15. The summed E-state index contributed by atoms with van der Waals surface area (Å²) >= 11 is 1.62. The van der Waals surface area contributed by atoms with Crippen molar-refractivity contribution in [1.29, 1.82) is 0 Å². The average Bonchev–Trinajstić information content (AvgIpc) is 3.03. The molecule has 1 saturated heterocycles. The van der Waals surface area contributed by atoms with Crippen molar-refractivity contribution in [2.75, 3.05) is 38.9 Å². The molecule has 5 nitrogen and oxygen atoms in total. The van der Waals surface area contributed by atoms with Gasteiger partial charge in [0.2, 0.25) is 5.91 Å². The highest BCUT2D eigenvalue weighted by molar-refractivity contribution is 7.99. The van der Waals surface area contributed by atoms with Crippen molar-refractivity contribution in [3.05, 3.63) is 35.9 Å². The summed E-state index contributed by atoms with van der Waals surface area (Å²) in [6, 6.07) is 8.76. The van der Waals surface area contributed by atoms with E-state index in [1.165, 1.54) is 0 Å². The molecule has 1 aliphatic heterocycles. The molecule has 0 radical (unpaired) electrons. The van der Waals surface area contributed by atoms with Gasteiger partial charge in [0.1, 0.15) is 6.04 Å². The van der Waals surface area contributed by atoms with Crippen molar-refractivity contribution in [2.45, 2.75) is 12.5 Å². The maximum absolute atomic E-state index is 12.6. The van der Waals surface area contributed by atoms with Gasteiger partial charge in [0, 0.05) is 38.6 Å². The Morgan fingerprint density at radius 3 is 2.77 bits per heavy atom. The Hall–Kier alpha value is -1.53. The van der Waals surface area contributed by atoms with Crippen LogP contribution >= 0.6 is 11.8 Å². The molecule has 0 spiro atoms. The topological polar surface area (TPSA) is 49.9 Å². The van der Waals surface area contributed by atoms with Crippen LogP contribution in [0.2, 0.25) is 0 Å². The van der Waals surface area contributed by atoms with E-state index in [2.05, 4.69) is 0 Å². The normalized spacial score (nSPS) is 17.5. The van der Waals surface area contributed by atoms with E-state index >= 15 is 0 Å². The van der Waals surface area contributed by atoms with Gasteiger partial charge in [-0.15, -0.1) is 11.8 Å². The first-order chi connectivity index (χ1) is 10.6. The second kappa shape index (κ2) is 8.19. The molecule has 1 fully saturated rings. The molecule has 2 rings (SSSR count). The standard InChI is InChI=1S/C16H22N2O3S/c1-17(9-6-10-21-2)16(20)14-11-22-12-18(14)15(19)13-7-4-3-5-8-13/h3-5,7-8,14H,6,9-12H2,1-2H3. The lowest BCUT2D eigenvalue weighted by Crippen LogP contribution is -2.48. The highest BCUT2D eigenvalue weighted by Gasteiger charge is 2.36.